The van der Waals surface area contributed by atoms with Crippen molar-refractivity contribution < 1.29 is 42.5 Å². The van der Waals surface area contributed by atoms with Gasteiger partial charge in [0, 0.05) is 20.8 Å². The van der Waals surface area contributed by atoms with Crippen LogP contribution in [0, 0.1) is 0 Å². The van der Waals surface area contributed by atoms with Crippen molar-refractivity contribution >= 4 is 17.9 Å². The molecule has 8 nitrogen and oxygen atoms in total. The van der Waals surface area contributed by atoms with Crippen LogP contribution in [-0.2, 0) is 44.7 Å². The summed E-state index contributed by atoms with van der Waals surface area (Å²) in [5, 5.41) is 0. The van der Waals surface area contributed by atoms with Crippen LogP contribution in [0.25, 0.3) is 0 Å². The molecule has 0 spiro atoms. The molecule has 28 heavy (non-hydrogen) atoms. The molecule has 1 aliphatic heterocycles. The van der Waals surface area contributed by atoms with E-state index in [2.05, 4.69) is 0 Å². The van der Waals surface area contributed by atoms with E-state index >= 15 is 0 Å². The molecule has 1 fully saturated rings. The topological polar surface area (TPSA) is 97.4 Å². The molecule has 0 bridgehead atoms. The van der Waals surface area contributed by atoms with Crippen LogP contribution in [0.5, 0.6) is 0 Å². The van der Waals surface area contributed by atoms with E-state index < -0.39 is 48.7 Å². The van der Waals surface area contributed by atoms with Gasteiger partial charge in [-0.3, -0.25) is 14.4 Å². The number of hydrogen-bond acceptors (Lipinski definition) is 8. The third-order valence-corrected chi connectivity index (χ3v) is 3.92. The second-order valence-corrected chi connectivity index (χ2v) is 6.24. The van der Waals surface area contributed by atoms with E-state index in [4.69, 9.17) is 23.7 Å². The van der Waals surface area contributed by atoms with Crippen LogP contribution in [0.15, 0.2) is 30.3 Å². The van der Waals surface area contributed by atoms with Gasteiger partial charge in [-0.15, -0.1) is 0 Å². The average Bonchev–Trinajstić information content (AvgIpc) is 2.62. The van der Waals surface area contributed by atoms with E-state index in [0.717, 1.165) is 12.5 Å². The maximum atomic E-state index is 14.6. The molecular formula is C19H23FO8. The predicted molar refractivity (Wildman–Crippen MR) is 92.5 cm³/mol. The third kappa shape index (κ3) is 6.28. The Morgan fingerprint density at radius 1 is 0.929 bits per heavy atom. The zero-order valence-corrected chi connectivity index (χ0v) is 15.8. The highest BCUT2D eigenvalue weighted by Crippen LogP contribution is 2.30. The number of esters is 3. The molecule has 0 N–H and O–H groups in total. The minimum atomic E-state index is -2.06. The van der Waals surface area contributed by atoms with Crippen LogP contribution in [0.3, 0.4) is 0 Å². The number of carbonyl (C=O) groups excluding carboxylic acids is 3. The predicted octanol–water partition coefficient (Wildman–Crippen LogP) is 1.69. The molecule has 1 aliphatic rings. The second-order valence-electron chi connectivity index (χ2n) is 6.24. The molecular weight excluding hydrogens is 375 g/mol. The number of carbonyl (C=O) groups is 3. The van der Waals surface area contributed by atoms with Crippen LogP contribution in [-0.4, -0.2) is 55.3 Å². The van der Waals surface area contributed by atoms with Crippen molar-refractivity contribution in [3.05, 3.63) is 35.9 Å². The van der Waals surface area contributed by atoms with Gasteiger partial charge < -0.3 is 23.7 Å². The Morgan fingerprint density at radius 2 is 1.54 bits per heavy atom. The lowest BCUT2D eigenvalue weighted by molar-refractivity contribution is -0.283. The monoisotopic (exact) mass is 398 g/mol. The molecule has 9 heteroatoms. The molecule has 0 aliphatic carbocycles. The van der Waals surface area contributed by atoms with Crippen LogP contribution in [0.2, 0.25) is 0 Å². The summed E-state index contributed by atoms with van der Waals surface area (Å²) in [4.78, 5) is 34.1. The molecule has 1 saturated heterocycles. The normalized spacial score (nSPS) is 26.9. The lowest BCUT2D eigenvalue weighted by atomic mass is 9.98. The van der Waals surface area contributed by atoms with Gasteiger partial charge in [-0.2, -0.15) is 0 Å². The highest BCUT2D eigenvalue weighted by atomic mass is 19.1. The number of ether oxygens (including phenoxy) is 5. The van der Waals surface area contributed by atoms with Crippen molar-refractivity contribution in [1.29, 1.82) is 0 Å². The average molecular weight is 398 g/mol. The lowest BCUT2D eigenvalue weighted by Gasteiger charge is -2.42. The number of benzene rings is 1. The molecule has 0 saturated carbocycles. The number of alkyl halides is 1. The molecule has 2 rings (SSSR count). The largest absolute Gasteiger partial charge is 0.463 e. The maximum Gasteiger partial charge on any atom is 0.303 e. The standard InChI is InChI=1S/C19H23FO8/c1-11(21)24-10-15-16(26-12(2)22)17(18(19(20)28-15)27-13(3)23)25-9-14-7-5-4-6-8-14/h4-8,15-19H,9-10H2,1-3H3/t15-,16+,17-,18+,19+/m0/s1. The van der Waals surface area contributed by atoms with Crippen LogP contribution < -0.4 is 0 Å². The van der Waals surface area contributed by atoms with Gasteiger partial charge in [0.25, 0.3) is 0 Å². The molecule has 0 aromatic heterocycles. The summed E-state index contributed by atoms with van der Waals surface area (Å²) < 4.78 is 40.7. The van der Waals surface area contributed by atoms with Gasteiger partial charge in [-0.25, -0.2) is 4.39 Å². The van der Waals surface area contributed by atoms with Crippen molar-refractivity contribution in [2.45, 2.75) is 58.2 Å². The van der Waals surface area contributed by atoms with E-state index in [1.54, 1.807) is 24.3 Å². The summed E-state index contributed by atoms with van der Waals surface area (Å²) in [6, 6.07) is 9.02. The van der Waals surface area contributed by atoms with Crippen LogP contribution in [0.1, 0.15) is 26.3 Å². The van der Waals surface area contributed by atoms with Gasteiger partial charge in [-0.1, -0.05) is 30.3 Å². The summed E-state index contributed by atoms with van der Waals surface area (Å²) in [5.41, 5.74) is 0.782. The van der Waals surface area contributed by atoms with Crippen molar-refractivity contribution in [3.8, 4) is 0 Å². The Balaban J connectivity index is 2.26. The first-order valence-electron chi connectivity index (χ1n) is 8.70. The minimum absolute atomic E-state index is 0.0496. The summed E-state index contributed by atoms with van der Waals surface area (Å²) in [7, 11) is 0. The fourth-order valence-electron chi connectivity index (χ4n) is 2.81. The highest BCUT2D eigenvalue weighted by Gasteiger charge is 2.51. The first-order chi connectivity index (χ1) is 13.3. The Labute approximate surface area is 161 Å². The number of hydrogen-bond donors (Lipinski definition) is 0. The van der Waals surface area contributed by atoms with Crippen LogP contribution in [0.4, 0.5) is 4.39 Å². The Kier molecular flexibility index (Phi) is 7.89. The lowest BCUT2D eigenvalue weighted by Crippen LogP contribution is -2.60. The fraction of sp³-hybridized carbons (Fsp3) is 0.526. The van der Waals surface area contributed by atoms with E-state index in [1.165, 1.54) is 13.8 Å². The van der Waals surface area contributed by atoms with E-state index in [1.807, 2.05) is 6.07 Å². The van der Waals surface area contributed by atoms with Crippen molar-refractivity contribution in [2.75, 3.05) is 6.61 Å². The van der Waals surface area contributed by atoms with Crippen molar-refractivity contribution in [2.24, 2.45) is 0 Å². The Hall–Kier alpha value is -2.52. The second kappa shape index (κ2) is 10.1. The highest BCUT2D eigenvalue weighted by molar-refractivity contribution is 5.67. The van der Waals surface area contributed by atoms with E-state index in [9.17, 15) is 18.8 Å². The smallest absolute Gasteiger partial charge is 0.303 e. The molecule has 5 atom stereocenters. The summed E-state index contributed by atoms with van der Waals surface area (Å²) in [6.45, 7) is 3.16. The first-order valence-corrected chi connectivity index (χ1v) is 8.70. The zero-order valence-electron chi connectivity index (χ0n) is 15.8. The van der Waals surface area contributed by atoms with Gasteiger partial charge in [0.05, 0.1) is 6.61 Å². The van der Waals surface area contributed by atoms with E-state index in [-0.39, 0.29) is 13.2 Å². The molecule has 0 radical (unpaired) electrons. The molecule has 0 amide bonds. The molecule has 1 aromatic rings. The Morgan fingerprint density at radius 3 is 2.11 bits per heavy atom. The number of rotatable bonds is 7. The van der Waals surface area contributed by atoms with Gasteiger partial charge in [0.1, 0.15) is 18.8 Å². The minimum Gasteiger partial charge on any atom is -0.463 e. The fourth-order valence-corrected chi connectivity index (χ4v) is 2.81. The maximum absolute atomic E-state index is 14.6. The van der Waals surface area contributed by atoms with Gasteiger partial charge >= 0.3 is 17.9 Å². The van der Waals surface area contributed by atoms with E-state index in [0.29, 0.717) is 0 Å². The van der Waals surface area contributed by atoms with Gasteiger partial charge in [0.2, 0.25) is 6.36 Å². The quantitative estimate of drug-likeness (QED) is 0.506. The van der Waals surface area contributed by atoms with Crippen LogP contribution >= 0.6 is 0 Å². The molecule has 1 heterocycles. The Bertz CT molecular complexity index is 680. The molecule has 154 valence electrons. The third-order valence-electron chi connectivity index (χ3n) is 3.92. The van der Waals surface area contributed by atoms with Crippen molar-refractivity contribution in [3.63, 3.8) is 0 Å². The van der Waals surface area contributed by atoms with Gasteiger partial charge in [-0.05, 0) is 5.56 Å². The van der Waals surface area contributed by atoms with Crippen molar-refractivity contribution in [1.82, 2.24) is 0 Å². The molecule has 0 unspecified atom stereocenters. The summed E-state index contributed by atoms with van der Waals surface area (Å²) in [6.07, 6.45) is -6.97. The SMILES string of the molecule is CC(=O)OC[C@@H]1O[C@@H](F)[C@H](OC(C)=O)[C@@H](OCc2ccccc2)[C@@H]1OC(C)=O. The first kappa shape index (κ1) is 21.8. The van der Waals surface area contributed by atoms with Gasteiger partial charge in [0.15, 0.2) is 12.2 Å². The number of halogens is 1. The molecule has 1 aromatic carbocycles. The summed E-state index contributed by atoms with van der Waals surface area (Å²) in [5.74, 6) is -2.03. The zero-order chi connectivity index (χ0) is 20.7. The summed E-state index contributed by atoms with van der Waals surface area (Å²) >= 11 is 0.